The quantitative estimate of drug-likeness (QED) is 0.455. The number of methoxy groups -OCH3 is 3. The van der Waals surface area contributed by atoms with E-state index in [0.29, 0.717) is 36.2 Å². The summed E-state index contributed by atoms with van der Waals surface area (Å²) in [6.07, 6.45) is 0. The molecule has 1 amide bonds. The Morgan fingerprint density at radius 3 is 2.65 bits per heavy atom. The highest BCUT2D eigenvalue weighted by atomic mass is 35.5. The summed E-state index contributed by atoms with van der Waals surface area (Å²) in [6, 6.07) is 11.2. The minimum absolute atomic E-state index is 0.0804. The molecule has 0 aliphatic heterocycles. The third-order valence-electron chi connectivity index (χ3n) is 4.76. The van der Waals surface area contributed by atoms with E-state index in [-0.39, 0.29) is 11.2 Å². The fraction of sp³-hybridized carbons (Fsp3) is 0.364. The molecule has 0 spiro atoms. The van der Waals surface area contributed by atoms with Crippen LogP contribution in [0.3, 0.4) is 0 Å². The van der Waals surface area contributed by atoms with Crippen LogP contribution in [0, 0.1) is 0 Å². The first kappa shape index (κ1) is 23.2. The second-order valence-corrected chi connectivity index (χ2v) is 8.58. The summed E-state index contributed by atoms with van der Waals surface area (Å²) in [7, 11) is 4.83. The van der Waals surface area contributed by atoms with Crippen molar-refractivity contribution < 1.29 is 19.0 Å². The van der Waals surface area contributed by atoms with Gasteiger partial charge in [-0.1, -0.05) is 29.4 Å². The molecular weight excluding hydrogens is 438 g/mol. The van der Waals surface area contributed by atoms with Gasteiger partial charge in [0, 0.05) is 25.2 Å². The average Bonchev–Trinajstić information content (AvgIpc) is 3.11. The first-order valence-corrected chi connectivity index (χ1v) is 11.0. The van der Waals surface area contributed by atoms with Gasteiger partial charge in [-0.2, -0.15) is 0 Å². The average molecular weight is 464 g/mol. The third-order valence-corrected chi connectivity index (χ3v) is 6.09. The van der Waals surface area contributed by atoms with Gasteiger partial charge in [-0.15, -0.1) is 0 Å². The molecule has 1 aromatic heterocycles. The number of ether oxygens (including phenoxy) is 3. The molecule has 0 radical (unpaired) electrons. The maximum absolute atomic E-state index is 12.7. The lowest BCUT2D eigenvalue weighted by molar-refractivity contribution is -0.120. The van der Waals surface area contributed by atoms with Crippen molar-refractivity contribution in [1.82, 2.24) is 14.9 Å². The minimum atomic E-state index is -0.339. The molecule has 9 heteroatoms. The summed E-state index contributed by atoms with van der Waals surface area (Å²) in [5.74, 6) is 1.20. The Labute approximate surface area is 191 Å². The Morgan fingerprint density at radius 1 is 1.16 bits per heavy atom. The summed E-state index contributed by atoms with van der Waals surface area (Å²) in [5.41, 5.74) is 2.68. The molecule has 3 rings (SSSR count). The van der Waals surface area contributed by atoms with Crippen molar-refractivity contribution in [1.29, 1.82) is 0 Å². The first-order valence-electron chi connectivity index (χ1n) is 9.76. The van der Waals surface area contributed by atoms with Crippen LogP contribution >= 0.6 is 23.4 Å². The zero-order chi connectivity index (χ0) is 22.4. The molecule has 2 aromatic carbocycles. The Hall–Kier alpha value is -2.42. The van der Waals surface area contributed by atoms with Gasteiger partial charge in [0.1, 0.15) is 0 Å². The van der Waals surface area contributed by atoms with Crippen molar-refractivity contribution in [3.05, 3.63) is 47.0 Å². The number of amides is 1. The van der Waals surface area contributed by atoms with Crippen LogP contribution in [0.1, 0.15) is 12.5 Å². The predicted molar refractivity (Wildman–Crippen MR) is 123 cm³/mol. The molecule has 0 aliphatic rings. The maximum Gasteiger partial charge on any atom is 0.233 e. The summed E-state index contributed by atoms with van der Waals surface area (Å²) >= 11 is 7.52. The molecule has 1 heterocycles. The predicted octanol–water partition coefficient (Wildman–Crippen LogP) is 4.15. The third kappa shape index (κ3) is 5.64. The lowest BCUT2D eigenvalue weighted by Gasteiger charge is -2.14. The number of fused-ring (bicyclic) bond motifs is 1. The van der Waals surface area contributed by atoms with Crippen LogP contribution in [0.25, 0.3) is 11.0 Å². The number of rotatable bonds is 10. The normalized spacial score (nSPS) is 12.0. The van der Waals surface area contributed by atoms with Crippen LogP contribution in [0.15, 0.2) is 41.6 Å². The molecule has 31 heavy (non-hydrogen) atoms. The smallest absolute Gasteiger partial charge is 0.233 e. The number of halogens is 1. The van der Waals surface area contributed by atoms with Crippen molar-refractivity contribution in [2.24, 2.45) is 0 Å². The van der Waals surface area contributed by atoms with E-state index in [9.17, 15) is 4.79 Å². The lowest BCUT2D eigenvalue weighted by atomic mass is 10.2. The number of carbonyl (C=O) groups is 1. The van der Waals surface area contributed by atoms with E-state index in [2.05, 4.69) is 14.9 Å². The molecule has 166 valence electrons. The molecule has 0 bridgehead atoms. The van der Waals surface area contributed by atoms with E-state index in [1.807, 2.05) is 43.3 Å². The van der Waals surface area contributed by atoms with Crippen molar-refractivity contribution in [3.8, 4) is 11.5 Å². The lowest BCUT2D eigenvalue weighted by Crippen LogP contribution is -2.30. The number of aromatic nitrogens is 2. The number of nitrogens with one attached hydrogen (secondary N) is 1. The number of hydrogen-bond donors (Lipinski definition) is 1. The van der Waals surface area contributed by atoms with Crippen molar-refractivity contribution in [2.45, 2.75) is 30.4 Å². The van der Waals surface area contributed by atoms with Gasteiger partial charge < -0.3 is 24.1 Å². The molecule has 0 fully saturated rings. The topological polar surface area (TPSA) is 74.6 Å². The molecule has 0 saturated heterocycles. The van der Waals surface area contributed by atoms with Crippen LogP contribution in [-0.4, -0.2) is 48.6 Å². The Kier molecular flexibility index (Phi) is 8.06. The number of carbonyl (C=O) groups excluding carboxylic acids is 1. The highest BCUT2D eigenvalue weighted by molar-refractivity contribution is 8.00. The minimum Gasteiger partial charge on any atom is -0.493 e. The Balaban J connectivity index is 1.70. The van der Waals surface area contributed by atoms with Gasteiger partial charge in [-0.25, -0.2) is 4.98 Å². The van der Waals surface area contributed by atoms with Gasteiger partial charge in [0.15, 0.2) is 16.7 Å². The Morgan fingerprint density at radius 2 is 1.94 bits per heavy atom. The summed E-state index contributed by atoms with van der Waals surface area (Å²) < 4.78 is 17.9. The van der Waals surface area contributed by atoms with Gasteiger partial charge in [-0.3, -0.25) is 4.79 Å². The molecule has 0 aliphatic carbocycles. The highest BCUT2D eigenvalue weighted by Crippen LogP contribution is 2.30. The van der Waals surface area contributed by atoms with Crippen LogP contribution in [0.4, 0.5) is 0 Å². The van der Waals surface area contributed by atoms with Crippen LogP contribution in [0.2, 0.25) is 5.02 Å². The number of thioether (sulfide) groups is 1. The largest absolute Gasteiger partial charge is 0.493 e. The van der Waals surface area contributed by atoms with E-state index >= 15 is 0 Å². The fourth-order valence-electron chi connectivity index (χ4n) is 3.10. The summed E-state index contributed by atoms with van der Waals surface area (Å²) in [6.45, 7) is 3.43. The number of nitrogens with zero attached hydrogens (tertiary/aromatic N) is 2. The van der Waals surface area contributed by atoms with Gasteiger partial charge in [-0.05, 0) is 42.8 Å². The molecule has 1 N–H and O–H groups in total. The van der Waals surface area contributed by atoms with Crippen LogP contribution in [-0.2, 0) is 22.6 Å². The summed E-state index contributed by atoms with van der Waals surface area (Å²) in [5, 5.41) is 4.01. The molecule has 0 saturated carbocycles. The maximum atomic E-state index is 12.7. The zero-order valence-electron chi connectivity index (χ0n) is 18.0. The molecule has 7 nitrogen and oxygen atoms in total. The second-order valence-electron chi connectivity index (χ2n) is 6.84. The van der Waals surface area contributed by atoms with Crippen molar-refractivity contribution >= 4 is 40.3 Å². The SMILES string of the molecule is COCCn1c(SC(C)C(=O)NCc2ccc(OC)c(OC)c2)nc2cc(Cl)ccc21. The van der Waals surface area contributed by atoms with E-state index in [0.717, 1.165) is 21.8 Å². The van der Waals surface area contributed by atoms with E-state index in [1.54, 1.807) is 21.3 Å². The monoisotopic (exact) mass is 463 g/mol. The van der Waals surface area contributed by atoms with Gasteiger partial charge >= 0.3 is 0 Å². The van der Waals surface area contributed by atoms with Crippen LogP contribution in [0.5, 0.6) is 11.5 Å². The first-order chi connectivity index (χ1) is 15.0. The van der Waals surface area contributed by atoms with Gasteiger partial charge in [0.05, 0.1) is 37.1 Å². The summed E-state index contributed by atoms with van der Waals surface area (Å²) in [4.78, 5) is 17.4. The molecule has 1 atom stereocenters. The van der Waals surface area contributed by atoms with E-state index in [1.165, 1.54) is 11.8 Å². The van der Waals surface area contributed by atoms with Crippen LogP contribution < -0.4 is 14.8 Å². The zero-order valence-corrected chi connectivity index (χ0v) is 19.5. The van der Waals surface area contributed by atoms with E-state index < -0.39 is 0 Å². The second kappa shape index (κ2) is 10.7. The van der Waals surface area contributed by atoms with Crippen molar-refractivity contribution in [2.75, 3.05) is 27.9 Å². The standard InChI is InChI=1S/C22H26ClN3O4S/c1-14(21(27)24-13-15-5-8-19(29-3)20(11-15)30-4)31-22-25-17-12-16(23)6-7-18(17)26(22)9-10-28-2/h5-8,11-12,14H,9-10,13H2,1-4H3,(H,24,27). The van der Waals surface area contributed by atoms with Crippen molar-refractivity contribution in [3.63, 3.8) is 0 Å². The highest BCUT2D eigenvalue weighted by Gasteiger charge is 2.20. The number of hydrogen-bond acceptors (Lipinski definition) is 6. The molecule has 1 unspecified atom stereocenters. The fourth-order valence-corrected chi connectivity index (χ4v) is 4.25. The number of benzene rings is 2. The van der Waals surface area contributed by atoms with Gasteiger partial charge in [0.2, 0.25) is 5.91 Å². The number of imidazole rings is 1. The molecule has 3 aromatic rings. The Bertz CT molecular complexity index is 1060. The van der Waals surface area contributed by atoms with E-state index in [4.69, 9.17) is 25.8 Å². The van der Waals surface area contributed by atoms with Gasteiger partial charge in [0.25, 0.3) is 0 Å². The molecular formula is C22H26ClN3O4S.